The molecule has 2 rings (SSSR count). The van der Waals surface area contributed by atoms with Gasteiger partial charge in [-0.05, 0) is 24.3 Å². The quantitative estimate of drug-likeness (QED) is 0.625. The number of benzene rings is 1. The number of nitrogens with two attached hydrogens (primary N) is 2. The van der Waals surface area contributed by atoms with E-state index in [1.165, 1.54) is 6.07 Å². The van der Waals surface area contributed by atoms with E-state index in [4.69, 9.17) is 34.2 Å². The Labute approximate surface area is 136 Å². The molecule has 8 heteroatoms. The Morgan fingerprint density at radius 2 is 2.09 bits per heavy atom. The van der Waals surface area contributed by atoms with Gasteiger partial charge in [0.1, 0.15) is 18.2 Å². The van der Waals surface area contributed by atoms with E-state index in [-0.39, 0.29) is 18.0 Å². The third-order valence-electron chi connectivity index (χ3n) is 2.87. The summed E-state index contributed by atoms with van der Waals surface area (Å²) in [6, 6.07) is 5.52. The van der Waals surface area contributed by atoms with Crippen LogP contribution in [0.2, 0.25) is 5.02 Å². The molecule has 0 aliphatic carbocycles. The standard InChI is InChI=1S/C15H13ClN4O3/c1-2-5-23-12-4-3-8(16)6-9(12)11-7-10(13(17)21)14(19-11)20-15(18)22/h1,3-4,6-7,19H,5H2,(H2,17,21)(H3,18,20,22). The molecule has 0 atom stereocenters. The summed E-state index contributed by atoms with van der Waals surface area (Å²) in [4.78, 5) is 25.4. The van der Waals surface area contributed by atoms with Gasteiger partial charge in [0, 0.05) is 10.6 Å². The summed E-state index contributed by atoms with van der Waals surface area (Å²) >= 11 is 6.00. The van der Waals surface area contributed by atoms with Crippen molar-refractivity contribution >= 4 is 29.4 Å². The van der Waals surface area contributed by atoms with Gasteiger partial charge in [-0.1, -0.05) is 17.5 Å². The molecular formula is C15H13ClN4O3. The molecule has 6 N–H and O–H groups in total. The van der Waals surface area contributed by atoms with Crippen LogP contribution in [0.3, 0.4) is 0 Å². The number of terminal acetylenes is 1. The van der Waals surface area contributed by atoms with E-state index < -0.39 is 11.9 Å². The minimum absolute atomic E-state index is 0.0599. The highest BCUT2D eigenvalue weighted by Crippen LogP contribution is 2.34. The molecule has 1 aromatic carbocycles. The lowest BCUT2D eigenvalue weighted by Gasteiger charge is -2.09. The van der Waals surface area contributed by atoms with Crippen molar-refractivity contribution in [3.63, 3.8) is 0 Å². The zero-order valence-electron chi connectivity index (χ0n) is 11.9. The van der Waals surface area contributed by atoms with Gasteiger partial charge < -0.3 is 21.2 Å². The summed E-state index contributed by atoms with van der Waals surface area (Å²) in [5, 5.41) is 2.75. The number of carbonyl (C=O) groups excluding carboxylic acids is 2. The van der Waals surface area contributed by atoms with Crippen LogP contribution in [0.4, 0.5) is 10.6 Å². The molecule has 1 aromatic heterocycles. The van der Waals surface area contributed by atoms with Crippen LogP contribution < -0.4 is 21.5 Å². The molecule has 0 unspecified atom stereocenters. The van der Waals surface area contributed by atoms with Crippen LogP contribution >= 0.6 is 11.6 Å². The summed E-state index contributed by atoms with van der Waals surface area (Å²) in [5.74, 6) is 2.17. The van der Waals surface area contributed by atoms with E-state index in [1.54, 1.807) is 18.2 Å². The number of ether oxygens (including phenoxy) is 1. The predicted octanol–water partition coefficient (Wildman–Crippen LogP) is 1.94. The number of urea groups is 1. The van der Waals surface area contributed by atoms with Crippen LogP contribution in [0, 0.1) is 12.3 Å². The number of H-pyrrole nitrogens is 1. The Balaban J connectivity index is 2.53. The lowest BCUT2D eigenvalue weighted by Crippen LogP contribution is -2.22. The molecule has 0 aliphatic rings. The second-order valence-electron chi connectivity index (χ2n) is 4.46. The summed E-state index contributed by atoms with van der Waals surface area (Å²) in [6.07, 6.45) is 5.19. The Morgan fingerprint density at radius 1 is 1.35 bits per heavy atom. The number of nitrogens with one attached hydrogen (secondary N) is 2. The third kappa shape index (κ3) is 3.75. The van der Waals surface area contributed by atoms with Crippen LogP contribution in [-0.4, -0.2) is 23.5 Å². The second kappa shape index (κ2) is 6.77. The van der Waals surface area contributed by atoms with Crippen LogP contribution in [0.1, 0.15) is 10.4 Å². The minimum atomic E-state index is -0.837. The van der Waals surface area contributed by atoms with Crippen LogP contribution in [0.15, 0.2) is 24.3 Å². The van der Waals surface area contributed by atoms with Gasteiger partial charge >= 0.3 is 6.03 Å². The number of hydrogen-bond acceptors (Lipinski definition) is 3. The molecule has 3 amide bonds. The molecule has 0 fully saturated rings. The molecule has 0 spiro atoms. The number of rotatable bonds is 5. The van der Waals surface area contributed by atoms with Gasteiger partial charge in [0.15, 0.2) is 0 Å². The Morgan fingerprint density at radius 3 is 2.70 bits per heavy atom. The van der Waals surface area contributed by atoms with Crippen molar-refractivity contribution in [2.45, 2.75) is 0 Å². The topological polar surface area (TPSA) is 123 Å². The number of halogens is 1. The van der Waals surface area contributed by atoms with Crippen molar-refractivity contribution in [3.8, 4) is 29.4 Å². The van der Waals surface area contributed by atoms with E-state index in [0.29, 0.717) is 22.0 Å². The average molecular weight is 333 g/mol. The first kappa shape index (κ1) is 16.3. The maximum absolute atomic E-state index is 11.5. The number of primary amides is 2. The van der Waals surface area contributed by atoms with E-state index in [1.807, 2.05) is 0 Å². The van der Waals surface area contributed by atoms with Gasteiger partial charge in [-0.3, -0.25) is 10.1 Å². The lowest BCUT2D eigenvalue weighted by molar-refractivity contribution is 0.100. The van der Waals surface area contributed by atoms with E-state index >= 15 is 0 Å². The van der Waals surface area contributed by atoms with Crippen molar-refractivity contribution < 1.29 is 14.3 Å². The molecule has 2 aromatic rings. The summed E-state index contributed by atoms with van der Waals surface area (Å²) in [7, 11) is 0. The molecule has 0 saturated heterocycles. The van der Waals surface area contributed by atoms with Crippen molar-refractivity contribution in [1.82, 2.24) is 4.98 Å². The first-order chi connectivity index (χ1) is 10.9. The first-order valence-electron chi connectivity index (χ1n) is 6.37. The molecular weight excluding hydrogens is 320 g/mol. The molecule has 0 radical (unpaired) electrons. The smallest absolute Gasteiger partial charge is 0.317 e. The van der Waals surface area contributed by atoms with Gasteiger partial charge in [0.05, 0.1) is 11.3 Å². The molecule has 7 nitrogen and oxygen atoms in total. The molecule has 0 aliphatic heterocycles. The van der Waals surface area contributed by atoms with Crippen molar-refractivity contribution in [3.05, 3.63) is 34.9 Å². The number of amides is 3. The van der Waals surface area contributed by atoms with E-state index in [9.17, 15) is 9.59 Å². The fourth-order valence-electron chi connectivity index (χ4n) is 1.97. The molecule has 118 valence electrons. The zero-order chi connectivity index (χ0) is 17.0. The Kier molecular flexibility index (Phi) is 4.79. The van der Waals surface area contributed by atoms with E-state index in [0.717, 1.165) is 0 Å². The maximum atomic E-state index is 11.5. The number of aromatic amines is 1. The lowest BCUT2D eigenvalue weighted by atomic mass is 10.1. The number of carbonyl (C=O) groups is 2. The monoisotopic (exact) mass is 332 g/mol. The van der Waals surface area contributed by atoms with Crippen molar-refractivity contribution in [1.29, 1.82) is 0 Å². The summed E-state index contributed by atoms with van der Waals surface area (Å²) in [5.41, 5.74) is 11.4. The van der Waals surface area contributed by atoms with Crippen LogP contribution in [0.5, 0.6) is 5.75 Å². The van der Waals surface area contributed by atoms with Gasteiger partial charge in [0.2, 0.25) is 0 Å². The number of hydrogen-bond donors (Lipinski definition) is 4. The van der Waals surface area contributed by atoms with Gasteiger partial charge in [-0.25, -0.2) is 4.79 Å². The maximum Gasteiger partial charge on any atom is 0.317 e. The van der Waals surface area contributed by atoms with Crippen molar-refractivity contribution in [2.24, 2.45) is 11.5 Å². The van der Waals surface area contributed by atoms with Gasteiger partial charge in [-0.15, -0.1) is 6.42 Å². The summed E-state index contributed by atoms with van der Waals surface area (Å²) in [6.45, 7) is 0.0599. The molecule has 23 heavy (non-hydrogen) atoms. The highest BCUT2D eigenvalue weighted by molar-refractivity contribution is 6.31. The fraction of sp³-hybridized carbons (Fsp3) is 0.0667. The average Bonchev–Trinajstić information content (AvgIpc) is 2.89. The van der Waals surface area contributed by atoms with E-state index in [2.05, 4.69) is 16.2 Å². The zero-order valence-corrected chi connectivity index (χ0v) is 12.6. The van der Waals surface area contributed by atoms with Gasteiger partial charge in [0.25, 0.3) is 5.91 Å². The Hall–Kier alpha value is -3.11. The second-order valence-corrected chi connectivity index (χ2v) is 4.89. The van der Waals surface area contributed by atoms with Crippen LogP contribution in [-0.2, 0) is 0 Å². The minimum Gasteiger partial charge on any atom is -0.480 e. The number of anilines is 1. The van der Waals surface area contributed by atoms with Crippen LogP contribution in [0.25, 0.3) is 11.3 Å². The van der Waals surface area contributed by atoms with Crippen molar-refractivity contribution in [2.75, 3.05) is 11.9 Å². The molecule has 1 heterocycles. The molecule has 0 saturated carbocycles. The number of aromatic nitrogens is 1. The molecule has 0 bridgehead atoms. The third-order valence-corrected chi connectivity index (χ3v) is 3.11. The summed E-state index contributed by atoms with van der Waals surface area (Å²) < 4.78 is 5.44. The largest absolute Gasteiger partial charge is 0.480 e. The highest BCUT2D eigenvalue weighted by atomic mass is 35.5. The predicted molar refractivity (Wildman–Crippen MR) is 87.3 cm³/mol. The SMILES string of the molecule is C#CCOc1ccc(Cl)cc1-c1cc(C(N)=O)c(NC(N)=O)[nH]1. The normalized spacial score (nSPS) is 9.91. The fourth-order valence-corrected chi connectivity index (χ4v) is 2.15. The van der Waals surface area contributed by atoms with Gasteiger partial charge in [-0.2, -0.15) is 0 Å². The highest BCUT2D eigenvalue weighted by Gasteiger charge is 2.17. The Bertz CT molecular complexity index is 808. The first-order valence-corrected chi connectivity index (χ1v) is 6.75.